The van der Waals surface area contributed by atoms with E-state index in [9.17, 15) is 4.79 Å². The van der Waals surface area contributed by atoms with Crippen molar-refractivity contribution < 1.29 is 4.79 Å². The first kappa shape index (κ1) is 13.0. The van der Waals surface area contributed by atoms with Crippen molar-refractivity contribution >= 4 is 11.6 Å². The number of pyridine rings is 1. The van der Waals surface area contributed by atoms with Crippen LogP contribution in [0.4, 0.5) is 5.82 Å². The summed E-state index contributed by atoms with van der Waals surface area (Å²) in [4.78, 5) is 15.8. The fraction of sp³-hybridized carbons (Fsp3) is 0.571. The van der Waals surface area contributed by atoms with Gasteiger partial charge in [0, 0.05) is 19.0 Å². The molecule has 4 heteroatoms. The summed E-state index contributed by atoms with van der Waals surface area (Å²) in [6, 6.07) is 3.64. The summed E-state index contributed by atoms with van der Waals surface area (Å²) in [6.45, 7) is 2.19. The molecule has 2 heterocycles. The number of nitrogens with one attached hydrogen (secondary N) is 1. The molecular weight excluding hydrogens is 226 g/mol. The third kappa shape index (κ3) is 4.11. The Bertz CT molecular complexity index is 400. The van der Waals surface area contributed by atoms with Gasteiger partial charge in [0.25, 0.3) is 0 Å². The minimum absolute atomic E-state index is 0.297. The highest BCUT2D eigenvalue weighted by Gasteiger charge is 2.14. The molecule has 3 N–H and O–H groups in total. The molecule has 0 bridgehead atoms. The SMILES string of the molecule is Nc1cc(CC(=O)CCC2CCCNC2)ccn1. The van der Waals surface area contributed by atoms with Crippen LogP contribution in [0.2, 0.25) is 0 Å². The molecule has 1 aliphatic rings. The van der Waals surface area contributed by atoms with E-state index in [0.29, 0.717) is 30.4 Å². The van der Waals surface area contributed by atoms with Crippen LogP contribution in [0.25, 0.3) is 0 Å². The number of carbonyl (C=O) groups excluding carboxylic acids is 1. The number of Topliss-reactive ketones (excluding diaryl/α,β-unsaturated/α-hetero) is 1. The fourth-order valence-electron chi connectivity index (χ4n) is 2.46. The molecule has 1 saturated heterocycles. The highest BCUT2D eigenvalue weighted by molar-refractivity contribution is 5.80. The lowest BCUT2D eigenvalue weighted by molar-refractivity contribution is -0.118. The highest BCUT2D eigenvalue weighted by atomic mass is 16.1. The molecule has 1 aliphatic heterocycles. The largest absolute Gasteiger partial charge is 0.384 e. The van der Waals surface area contributed by atoms with Gasteiger partial charge in [0.1, 0.15) is 11.6 Å². The van der Waals surface area contributed by atoms with Gasteiger partial charge < -0.3 is 11.1 Å². The van der Waals surface area contributed by atoms with Crippen LogP contribution in [0.1, 0.15) is 31.2 Å². The van der Waals surface area contributed by atoms with Gasteiger partial charge in [0.15, 0.2) is 0 Å². The molecule has 4 nitrogen and oxygen atoms in total. The number of nitrogen functional groups attached to an aromatic ring is 1. The Labute approximate surface area is 108 Å². The number of nitrogens with two attached hydrogens (primary N) is 1. The first-order valence-corrected chi connectivity index (χ1v) is 6.67. The Morgan fingerprint density at radius 3 is 3.17 bits per heavy atom. The Kier molecular flexibility index (Phi) is 4.70. The number of ketones is 1. The van der Waals surface area contributed by atoms with E-state index in [1.165, 1.54) is 12.8 Å². The second-order valence-electron chi connectivity index (χ2n) is 5.06. The molecular formula is C14H21N3O. The van der Waals surface area contributed by atoms with Gasteiger partial charge in [0.05, 0.1) is 0 Å². The van der Waals surface area contributed by atoms with Crippen molar-refractivity contribution in [3.05, 3.63) is 23.9 Å². The van der Waals surface area contributed by atoms with E-state index in [0.717, 1.165) is 25.1 Å². The van der Waals surface area contributed by atoms with Gasteiger partial charge in [0.2, 0.25) is 0 Å². The second-order valence-corrected chi connectivity index (χ2v) is 5.06. The number of nitrogens with zero attached hydrogens (tertiary/aromatic N) is 1. The molecule has 1 aromatic heterocycles. The predicted octanol–water partition coefficient (Wildman–Crippen LogP) is 1.56. The minimum atomic E-state index is 0.297. The molecule has 1 fully saturated rings. The normalized spacial score (nSPS) is 19.7. The predicted molar refractivity (Wildman–Crippen MR) is 72.2 cm³/mol. The van der Waals surface area contributed by atoms with Gasteiger partial charge in [-0.15, -0.1) is 0 Å². The van der Waals surface area contributed by atoms with Crippen molar-refractivity contribution in [1.82, 2.24) is 10.3 Å². The molecule has 0 amide bonds. The average Bonchev–Trinajstić information content (AvgIpc) is 2.38. The Morgan fingerprint density at radius 2 is 2.44 bits per heavy atom. The van der Waals surface area contributed by atoms with E-state index in [4.69, 9.17) is 5.73 Å². The molecule has 2 rings (SSSR count). The fourth-order valence-corrected chi connectivity index (χ4v) is 2.46. The van der Waals surface area contributed by atoms with Crippen LogP contribution in [0.5, 0.6) is 0 Å². The quantitative estimate of drug-likeness (QED) is 0.828. The molecule has 1 unspecified atom stereocenters. The van der Waals surface area contributed by atoms with Crippen LogP contribution < -0.4 is 11.1 Å². The lowest BCUT2D eigenvalue weighted by Crippen LogP contribution is -2.30. The van der Waals surface area contributed by atoms with Crippen LogP contribution in [0, 0.1) is 5.92 Å². The number of aromatic nitrogens is 1. The number of hydrogen-bond acceptors (Lipinski definition) is 4. The maximum absolute atomic E-state index is 11.9. The maximum atomic E-state index is 11.9. The lowest BCUT2D eigenvalue weighted by atomic mass is 9.93. The van der Waals surface area contributed by atoms with Gasteiger partial charge >= 0.3 is 0 Å². The van der Waals surface area contributed by atoms with Crippen molar-refractivity contribution in [2.45, 2.75) is 32.1 Å². The summed E-state index contributed by atoms with van der Waals surface area (Å²) in [5.41, 5.74) is 6.56. The van der Waals surface area contributed by atoms with Crippen LogP contribution in [-0.2, 0) is 11.2 Å². The number of carbonyl (C=O) groups is 1. The molecule has 0 radical (unpaired) electrons. The van der Waals surface area contributed by atoms with Crippen LogP contribution in [0.3, 0.4) is 0 Å². The van der Waals surface area contributed by atoms with Crippen molar-refractivity contribution in [3.63, 3.8) is 0 Å². The molecule has 1 aromatic rings. The zero-order chi connectivity index (χ0) is 12.8. The number of rotatable bonds is 5. The standard InChI is InChI=1S/C14H21N3O/c15-14-9-12(5-7-17-14)8-13(18)4-3-11-2-1-6-16-10-11/h5,7,9,11,16H,1-4,6,8,10H2,(H2,15,17). The summed E-state index contributed by atoms with van der Waals surface area (Å²) >= 11 is 0. The molecule has 0 aromatic carbocycles. The first-order valence-electron chi connectivity index (χ1n) is 6.67. The lowest BCUT2D eigenvalue weighted by Gasteiger charge is -2.22. The summed E-state index contributed by atoms with van der Waals surface area (Å²) in [6.07, 6.45) is 6.30. The zero-order valence-corrected chi connectivity index (χ0v) is 10.7. The summed E-state index contributed by atoms with van der Waals surface area (Å²) in [5.74, 6) is 1.45. The maximum Gasteiger partial charge on any atom is 0.137 e. The van der Waals surface area contributed by atoms with E-state index < -0.39 is 0 Å². The topological polar surface area (TPSA) is 68.0 Å². The third-order valence-electron chi connectivity index (χ3n) is 3.48. The summed E-state index contributed by atoms with van der Waals surface area (Å²) < 4.78 is 0. The van der Waals surface area contributed by atoms with Gasteiger partial charge in [-0.3, -0.25) is 4.79 Å². The Balaban J connectivity index is 1.74. The third-order valence-corrected chi connectivity index (χ3v) is 3.48. The number of anilines is 1. The first-order chi connectivity index (χ1) is 8.74. The smallest absolute Gasteiger partial charge is 0.137 e. The minimum Gasteiger partial charge on any atom is -0.384 e. The van der Waals surface area contributed by atoms with E-state index >= 15 is 0 Å². The van der Waals surface area contributed by atoms with Crippen LogP contribution in [-0.4, -0.2) is 23.9 Å². The van der Waals surface area contributed by atoms with Gasteiger partial charge in [-0.1, -0.05) is 0 Å². The number of hydrogen-bond donors (Lipinski definition) is 2. The van der Waals surface area contributed by atoms with Crippen molar-refractivity contribution in [1.29, 1.82) is 0 Å². The van der Waals surface area contributed by atoms with E-state index in [1.807, 2.05) is 6.07 Å². The van der Waals surface area contributed by atoms with E-state index in [1.54, 1.807) is 12.3 Å². The zero-order valence-electron chi connectivity index (χ0n) is 10.7. The van der Waals surface area contributed by atoms with E-state index in [2.05, 4.69) is 10.3 Å². The van der Waals surface area contributed by atoms with Gasteiger partial charge in [-0.2, -0.15) is 0 Å². The molecule has 0 saturated carbocycles. The average molecular weight is 247 g/mol. The number of piperidine rings is 1. The van der Waals surface area contributed by atoms with Gasteiger partial charge in [-0.05, 0) is 56.0 Å². The van der Waals surface area contributed by atoms with Crippen molar-refractivity contribution in [3.8, 4) is 0 Å². The second kappa shape index (κ2) is 6.50. The van der Waals surface area contributed by atoms with E-state index in [-0.39, 0.29) is 0 Å². The molecule has 0 aliphatic carbocycles. The molecule has 98 valence electrons. The monoisotopic (exact) mass is 247 g/mol. The van der Waals surface area contributed by atoms with Crippen LogP contribution >= 0.6 is 0 Å². The molecule has 0 spiro atoms. The molecule has 1 atom stereocenters. The highest BCUT2D eigenvalue weighted by Crippen LogP contribution is 2.16. The van der Waals surface area contributed by atoms with Crippen molar-refractivity contribution in [2.75, 3.05) is 18.8 Å². The Hall–Kier alpha value is -1.42. The van der Waals surface area contributed by atoms with Gasteiger partial charge in [-0.25, -0.2) is 4.98 Å². The van der Waals surface area contributed by atoms with Crippen LogP contribution in [0.15, 0.2) is 18.3 Å². The summed E-state index contributed by atoms with van der Waals surface area (Å²) in [5, 5.41) is 3.38. The Morgan fingerprint density at radius 1 is 1.56 bits per heavy atom. The van der Waals surface area contributed by atoms with Crippen molar-refractivity contribution in [2.24, 2.45) is 5.92 Å². The summed E-state index contributed by atoms with van der Waals surface area (Å²) in [7, 11) is 0. The molecule has 18 heavy (non-hydrogen) atoms.